The number of ether oxygens (including phenoxy) is 1. The third-order valence-electron chi connectivity index (χ3n) is 4.26. The monoisotopic (exact) mass is 354 g/mol. The highest BCUT2D eigenvalue weighted by molar-refractivity contribution is 9.10. The Kier molecular flexibility index (Phi) is 3.94. The van der Waals surface area contributed by atoms with E-state index in [-0.39, 0.29) is 11.8 Å². The number of halogens is 1. The van der Waals surface area contributed by atoms with Gasteiger partial charge in [-0.25, -0.2) is 4.79 Å². The highest BCUT2D eigenvalue weighted by Gasteiger charge is 2.23. The number of aliphatic hydroxyl groups is 1. The van der Waals surface area contributed by atoms with E-state index in [9.17, 15) is 9.90 Å². The molecule has 2 heterocycles. The minimum atomic E-state index is -0.595. The van der Waals surface area contributed by atoms with Crippen LogP contribution in [0.4, 0.5) is 0 Å². The first-order valence-corrected chi connectivity index (χ1v) is 7.93. The van der Waals surface area contributed by atoms with E-state index >= 15 is 0 Å². The molecule has 1 fully saturated rings. The van der Waals surface area contributed by atoms with E-state index in [1.54, 1.807) is 23.2 Å². The third kappa shape index (κ3) is 2.56. The molecule has 0 spiro atoms. The lowest BCUT2D eigenvalue weighted by molar-refractivity contribution is 0.0533. The summed E-state index contributed by atoms with van der Waals surface area (Å²) in [6.07, 6.45) is 2.18. The van der Waals surface area contributed by atoms with Crippen LogP contribution in [0.5, 0.6) is 0 Å². The lowest BCUT2D eigenvalue weighted by Crippen LogP contribution is -2.19. The number of aryl methyl sites for hydroxylation is 2. The van der Waals surface area contributed by atoms with E-state index in [1.807, 2.05) is 12.1 Å². The maximum Gasteiger partial charge on any atom is 0.328 e. The number of hydrogen-bond acceptors (Lipinski definition) is 3. The number of aromatic nitrogens is 2. The van der Waals surface area contributed by atoms with Crippen molar-refractivity contribution < 1.29 is 9.84 Å². The topological polar surface area (TPSA) is 56.4 Å². The van der Waals surface area contributed by atoms with Gasteiger partial charge in [-0.3, -0.25) is 9.13 Å². The van der Waals surface area contributed by atoms with E-state index < -0.39 is 6.10 Å². The minimum absolute atomic E-state index is 0.0670. The van der Waals surface area contributed by atoms with Crippen molar-refractivity contribution in [2.24, 2.45) is 14.1 Å². The lowest BCUT2D eigenvalue weighted by Gasteiger charge is -2.17. The zero-order valence-electron chi connectivity index (χ0n) is 12.2. The van der Waals surface area contributed by atoms with E-state index in [1.165, 1.54) is 0 Å². The molecule has 5 nitrogen and oxygen atoms in total. The van der Waals surface area contributed by atoms with Crippen LogP contribution < -0.4 is 5.69 Å². The number of aliphatic hydroxyl groups excluding tert-OH is 1. The molecule has 0 aliphatic carbocycles. The molecule has 0 bridgehead atoms. The maximum absolute atomic E-state index is 12.0. The molecule has 21 heavy (non-hydrogen) atoms. The van der Waals surface area contributed by atoms with Crippen LogP contribution >= 0.6 is 15.9 Å². The van der Waals surface area contributed by atoms with Crippen LogP contribution in [0.25, 0.3) is 11.0 Å². The second kappa shape index (κ2) is 5.59. The molecular weight excluding hydrogens is 336 g/mol. The fraction of sp³-hybridized carbons (Fsp3) is 0.533. The minimum Gasteiger partial charge on any atom is -0.388 e. The van der Waals surface area contributed by atoms with Crippen molar-refractivity contribution in [1.29, 1.82) is 0 Å². The molecule has 2 aromatic rings. The Labute approximate surface area is 131 Å². The number of hydrogen-bond donors (Lipinski definition) is 1. The van der Waals surface area contributed by atoms with Crippen LogP contribution in [0.1, 0.15) is 30.9 Å². The van der Waals surface area contributed by atoms with E-state index in [0.29, 0.717) is 6.42 Å². The molecule has 3 rings (SSSR count). The highest BCUT2D eigenvalue weighted by Crippen LogP contribution is 2.32. The van der Waals surface area contributed by atoms with Crippen molar-refractivity contribution in [1.82, 2.24) is 9.13 Å². The first-order valence-electron chi connectivity index (χ1n) is 7.13. The molecule has 2 atom stereocenters. The van der Waals surface area contributed by atoms with Gasteiger partial charge in [0, 0.05) is 31.6 Å². The molecule has 1 aromatic heterocycles. The first kappa shape index (κ1) is 14.8. The van der Waals surface area contributed by atoms with Crippen molar-refractivity contribution in [3.05, 3.63) is 32.7 Å². The molecular formula is C15H19BrN2O3. The van der Waals surface area contributed by atoms with E-state index in [0.717, 1.165) is 40.5 Å². The van der Waals surface area contributed by atoms with Gasteiger partial charge in [0.25, 0.3) is 0 Å². The Balaban J connectivity index is 2.00. The zero-order valence-corrected chi connectivity index (χ0v) is 13.8. The van der Waals surface area contributed by atoms with Gasteiger partial charge in [-0.15, -0.1) is 0 Å². The van der Waals surface area contributed by atoms with Crippen molar-refractivity contribution in [2.75, 3.05) is 6.61 Å². The molecule has 1 aliphatic rings. The van der Waals surface area contributed by atoms with Gasteiger partial charge in [-0.1, -0.05) is 15.9 Å². The van der Waals surface area contributed by atoms with Gasteiger partial charge in [0.2, 0.25) is 0 Å². The predicted molar refractivity (Wildman–Crippen MR) is 84.4 cm³/mol. The van der Waals surface area contributed by atoms with Crippen LogP contribution in [0.3, 0.4) is 0 Å². The molecule has 1 aromatic carbocycles. The quantitative estimate of drug-likeness (QED) is 0.919. The molecule has 0 radical (unpaired) electrons. The molecule has 114 valence electrons. The SMILES string of the molecule is Cn1c(=O)n(C)c2cc(C(O)CC3CCCO3)c(Br)cc21. The van der Waals surface area contributed by atoms with E-state index in [4.69, 9.17) is 4.74 Å². The number of fused-ring (bicyclic) bond motifs is 1. The summed E-state index contributed by atoms with van der Waals surface area (Å²) in [6.45, 7) is 0.783. The first-order chi connectivity index (χ1) is 9.99. The summed E-state index contributed by atoms with van der Waals surface area (Å²) >= 11 is 3.51. The Morgan fingerprint density at radius 2 is 2.05 bits per heavy atom. The number of nitrogens with zero attached hydrogens (tertiary/aromatic N) is 2. The van der Waals surface area contributed by atoms with E-state index in [2.05, 4.69) is 15.9 Å². The molecule has 2 unspecified atom stereocenters. The van der Waals surface area contributed by atoms with Gasteiger partial charge >= 0.3 is 5.69 Å². The summed E-state index contributed by atoms with van der Waals surface area (Å²) in [5.41, 5.74) is 2.41. The Morgan fingerprint density at radius 3 is 2.67 bits per heavy atom. The van der Waals surface area contributed by atoms with Crippen molar-refractivity contribution in [3.63, 3.8) is 0 Å². The molecule has 1 saturated heterocycles. The van der Waals surface area contributed by atoms with Crippen molar-refractivity contribution >= 4 is 27.0 Å². The number of imidazole rings is 1. The summed E-state index contributed by atoms with van der Waals surface area (Å²) in [6, 6.07) is 3.78. The molecule has 0 amide bonds. The third-order valence-corrected chi connectivity index (χ3v) is 4.95. The molecule has 1 aliphatic heterocycles. The van der Waals surface area contributed by atoms with Crippen molar-refractivity contribution in [3.8, 4) is 0 Å². The van der Waals surface area contributed by atoms with Crippen LogP contribution in [-0.2, 0) is 18.8 Å². The van der Waals surface area contributed by atoms with Gasteiger partial charge in [0.05, 0.1) is 23.2 Å². The fourth-order valence-corrected chi connectivity index (χ4v) is 3.59. The summed E-state index contributed by atoms with van der Waals surface area (Å²) in [5, 5.41) is 10.5. The second-order valence-corrected chi connectivity index (χ2v) is 6.50. The van der Waals surface area contributed by atoms with Crippen LogP contribution in [0.15, 0.2) is 21.4 Å². The van der Waals surface area contributed by atoms with Crippen LogP contribution in [-0.4, -0.2) is 27.0 Å². The summed E-state index contributed by atoms with van der Waals surface area (Å²) in [5.74, 6) is 0. The number of benzene rings is 1. The second-order valence-electron chi connectivity index (χ2n) is 5.65. The normalized spacial score (nSPS) is 20.3. The lowest BCUT2D eigenvalue weighted by atomic mass is 10.0. The largest absolute Gasteiger partial charge is 0.388 e. The smallest absolute Gasteiger partial charge is 0.328 e. The summed E-state index contributed by atoms with van der Waals surface area (Å²) in [4.78, 5) is 12.0. The fourth-order valence-electron chi connectivity index (χ4n) is 3.00. The predicted octanol–water partition coefficient (Wildman–Crippen LogP) is 2.24. The summed E-state index contributed by atoms with van der Waals surface area (Å²) in [7, 11) is 3.49. The molecule has 1 N–H and O–H groups in total. The highest BCUT2D eigenvalue weighted by atomic mass is 79.9. The van der Waals surface area contributed by atoms with Gasteiger partial charge in [-0.2, -0.15) is 0 Å². The average Bonchev–Trinajstić information content (AvgIpc) is 3.03. The standard InChI is InChI=1S/C15H19BrN2O3/c1-17-12-7-10(14(19)6-9-4-3-5-21-9)11(16)8-13(12)18(2)15(17)20/h7-9,14,19H,3-6H2,1-2H3. The van der Waals surface area contributed by atoms with Gasteiger partial charge in [0.1, 0.15) is 0 Å². The summed E-state index contributed by atoms with van der Waals surface area (Å²) < 4.78 is 9.61. The van der Waals surface area contributed by atoms with Gasteiger partial charge in [-0.05, 0) is 30.5 Å². The Morgan fingerprint density at radius 1 is 1.38 bits per heavy atom. The van der Waals surface area contributed by atoms with Crippen LogP contribution in [0, 0.1) is 0 Å². The van der Waals surface area contributed by atoms with Crippen molar-refractivity contribution in [2.45, 2.75) is 31.5 Å². The van der Waals surface area contributed by atoms with Crippen LogP contribution in [0.2, 0.25) is 0 Å². The Hall–Kier alpha value is -1.11. The Bertz CT molecular complexity index is 729. The maximum atomic E-state index is 12.0. The zero-order chi connectivity index (χ0) is 15.1. The van der Waals surface area contributed by atoms with Gasteiger partial charge < -0.3 is 9.84 Å². The molecule has 6 heteroatoms. The number of rotatable bonds is 3. The van der Waals surface area contributed by atoms with Gasteiger partial charge in [0.15, 0.2) is 0 Å². The molecule has 0 saturated carbocycles. The average molecular weight is 355 g/mol.